The van der Waals surface area contributed by atoms with Gasteiger partial charge in [-0.05, 0) is 83.3 Å². The van der Waals surface area contributed by atoms with E-state index in [2.05, 4.69) is 69.1 Å². The number of alkyl carbamates (subject to hydrolysis) is 1. The van der Waals surface area contributed by atoms with Crippen molar-refractivity contribution in [2.24, 2.45) is 5.92 Å². The van der Waals surface area contributed by atoms with Crippen LogP contribution in [0.4, 0.5) is 4.79 Å². The number of rotatable bonds is 12. The molecule has 5 atom stereocenters. The minimum Gasteiger partial charge on any atom is -0.487 e. The Kier molecular flexibility index (Phi) is 11.7. The van der Waals surface area contributed by atoms with Crippen LogP contribution in [0.1, 0.15) is 80.6 Å². The molecule has 0 saturated carbocycles. The molecule has 2 saturated heterocycles. The van der Waals surface area contributed by atoms with E-state index in [0.29, 0.717) is 25.5 Å². The fraction of sp³-hybridized carbons (Fsp3) is 0.354. The van der Waals surface area contributed by atoms with E-state index < -0.39 is 24.6 Å². The third kappa shape index (κ3) is 8.26. The van der Waals surface area contributed by atoms with Gasteiger partial charge in [-0.3, -0.25) is 14.9 Å². The number of hydrogen-bond acceptors (Lipinski definition) is 10. The average molecular weight is 853 g/mol. The molecule has 3 amide bonds. The van der Waals surface area contributed by atoms with Gasteiger partial charge < -0.3 is 44.4 Å². The van der Waals surface area contributed by atoms with Gasteiger partial charge in [-0.2, -0.15) is 0 Å². The number of benzene rings is 4. The molecular formula is C48H52N8O7. The number of aromatic nitrogens is 4. The molecule has 4 aromatic carbocycles. The number of likely N-dealkylation sites (tertiary alicyclic amines) is 2. The Bertz CT molecular complexity index is 2640. The zero-order valence-electron chi connectivity index (χ0n) is 35.8. The van der Waals surface area contributed by atoms with Gasteiger partial charge >= 0.3 is 6.09 Å². The minimum absolute atomic E-state index is 0.120. The van der Waals surface area contributed by atoms with Crippen LogP contribution in [-0.2, 0) is 25.7 Å². The summed E-state index contributed by atoms with van der Waals surface area (Å²) in [5.74, 6) is 1.76. The highest BCUT2D eigenvalue weighted by atomic mass is 16.6. The van der Waals surface area contributed by atoms with Gasteiger partial charge in [0.15, 0.2) is 0 Å². The van der Waals surface area contributed by atoms with Crippen LogP contribution in [0.2, 0.25) is 0 Å². The summed E-state index contributed by atoms with van der Waals surface area (Å²) in [6.07, 6.45) is 3.09. The van der Waals surface area contributed by atoms with E-state index in [9.17, 15) is 19.5 Å². The van der Waals surface area contributed by atoms with Gasteiger partial charge in [0.25, 0.3) is 0 Å². The minimum atomic E-state index is -1.30. The Morgan fingerprint density at radius 2 is 1.49 bits per heavy atom. The maximum atomic E-state index is 14.0. The van der Waals surface area contributed by atoms with Crippen molar-refractivity contribution in [2.75, 3.05) is 27.3 Å². The predicted octanol–water partition coefficient (Wildman–Crippen LogP) is 7.14. The molecule has 0 radical (unpaired) electrons. The van der Waals surface area contributed by atoms with Gasteiger partial charge in [0.1, 0.15) is 36.1 Å². The molecule has 0 aliphatic carbocycles. The van der Waals surface area contributed by atoms with Crippen LogP contribution in [-0.4, -0.2) is 92.5 Å². The molecular weight excluding hydrogens is 801 g/mol. The van der Waals surface area contributed by atoms with Crippen LogP contribution < -0.4 is 15.4 Å². The molecule has 3 aliphatic rings. The number of imidazole rings is 2. The van der Waals surface area contributed by atoms with Gasteiger partial charge in [0.05, 0.1) is 42.5 Å². The third-order valence-electron chi connectivity index (χ3n) is 12.5. The van der Waals surface area contributed by atoms with Crippen LogP contribution in [0.5, 0.6) is 5.75 Å². The van der Waals surface area contributed by atoms with Crippen molar-refractivity contribution in [1.82, 2.24) is 40.4 Å². The van der Waals surface area contributed by atoms with E-state index in [1.807, 2.05) is 66.2 Å². The summed E-state index contributed by atoms with van der Waals surface area (Å²) < 4.78 is 16.1. The number of carbonyl (C=O) groups is 3. The zero-order chi connectivity index (χ0) is 43.8. The van der Waals surface area contributed by atoms with Crippen LogP contribution in [0.15, 0.2) is 91.1 Å². The number of ether oxygens (including phenoxy) is 3. The first kappa shape index (κ1) is 41.8. The zero-order valence-corrected chi connectivity index (χ0v) is 35.8. The summed E-state index contributed by atoms with van der Waals surface area (Å²) in [6.45, 7) is 5.29. The maximum absolute atomic E-state index is 14.0. The van der Waals surface area contributed by atoms with Crippen molar-refractivity contribution in [3.05, 3.63) is 114 Å². The van der Waals surface area contributed by atoms with Gasteiger partial charge in [0, 0.05) is 31.3 Å². The fourth-order valence-corrected chi connectivity index (χ4v) is 9.17. The molecule has 0 bridgehead atoms. The molecule has 5 N–H and O–H groups in total. The van der Waals surface area contributed by atoms with E-state index in [-0.39, 0.29) is 29.8 Å². The molecule has 6 aromatic rings. The van der Waals surface area contributed by atoms with Gasteiger partial charge in [-0.1, -0.05) is 74.5 Å². The molecule has 5 unspecified atom stereocenters. The van der Waals surface area contributed by atoms with E-state index in [0.717, 1.165) is 92.9 Å². The Balaban J connectivity index is 0.905. The molecule has 9 rings (SSSR count). The number of nitrogens with one attached hydrogen (secondary N) is 4. The Labute approximate surface area is 365 Å². The number of aliphatic hydroxyl groups excluding tert-OH is 1. The number of amides is 3. The van der Waals surface area contributed by atoms with Crippen molar-refractivity contribution >= 4 is 28.7 Å². The number of aliphatic hydroxyl groups is 1. The molecule has 0 spiro atoms. The monoisotopic (exact) mass is 852 g/mol. The lowest BCUT2D eigenvalue weighted by atomic mass is 9.97. The molecule has 63 heavy (non-hydrogen) atoms. The van der Waals surface area contributed by atoms with Crippen LogP contribution in [0.25, 0.3) is 44.4 Å². The predicted molar refractivity (Wildman–Crippen MR) is 236 cm³/mol. The molecule has 2 fully saturated rings. The van der Waals surface area contributed by atoms with Gasteiger partial charge in [-0.25, -0.2) is 14.8 Å². The van der Waals surface area contributed by atoms with Crippen molar-refractivity contribution < 1.29 is 33.7 Å². The number of hydrogen-bond donors (Lipinski definition) is 5. The maximum Gasteiger partial charge on any atom is 0.407 e. The second-order valence-corrected chi connectivity index (χ2v) is 16.7. The van der Waals surface area contributed by atoms with Gasteiger partial charge in [0.2, 0.25) is 18.2 Å². The highest BCUT2D eigenvalue weighted by Gasteiger charge is 2.39. The Morgan fingerprint density at radius 3 is 2.21 bits per heavy atom. The second-order valence-electron chi connectivity index (χ2n) is 16.7. The summed E-state index contributed by atoms with van der Waals surface area (Å²) in [4.78, 5) is 60.2. The average Bonchev–Trinajstić information content (AvgIpc) is 4.16. The molecule has 2 aromatic heterocycles. The van der Waals surface area contributed by atoms with E-state index >= 15 is 0 Å². The molecule has 5 heterocycles. The molecule has 3 aliphatic heterocycles. The summed E-state index contributed by atoms with van der Waals surface area (Å²) in [7, 11) is 2.67. The largest absolute Gasteiger partial charge is 0.487 e. The summed E-state index contributed by atoms with van der Waals surface area (Å²) >= 11 is 0. The fourth-order valence-electron chi connectivity index (χ4n) is 9.17. The van der Waals surface area contributed by atoms with Crippen LogP contribution in [0, 0.1) is 5.92 Å². The van der Waals surface area contributed by atoms with Crippen molar-refractivity contribution in [1.29, 1.82) is 0 Å². The van der Waals surface area contributed by atoms with E-state index in [1.165, 1.54) is 14.2 Å². The quantitative estimate of drug-likeness (QED) is 0.0793. The molecule has 15 heteroatoms. The third-order valence-corrected chi connectivity index (χ3v) is 12.5. The highest BCUT2D eigenvalue weighted by molar-refractivity contribution is 5.91. The lowest BCUT2D eigenvalue weighted by molar-refractivity contribution is -0.143. The summed E-state index contributed by atoms with van der Waals surface area (Å²) in [5, 5.41) is 18.0. The van der Waals surface area contributed by atoms with Crippen LogP contribution in [0.3, 0.4) is 0 Å². The number of fused-ring (bicyclic) bond motifs is 4. The standard InChI is InChI=1S/C48H52N8O7/c1-27(2)40(53-47(59)61-3)45(57)56-21-9-13-38(56)44-51-36-26-63-39-24-32(18-19-34(39)42(36)52-44)30-14-15-31-23-33(17-16-29(31)22-30)35-25-49-43(50-35)37-12-8-20-55(37)46(58)41(54-48(60)62-4)28-10-6-5-7-11-28/h5-7,10-11,14-19,22-25,27,37-38,40-41,48,54,60H,8-9,12-13,20-21,26H2,1-4H3,(H,49,50)(H,51,52)(H,53,59). The molecule has 326 valence electrons. The van der Waals surface area contributed by atoms with Gasteiger partial charge in [-0.15, -0.1) is 0 Å². The summed E-state index contributed by atoms with van der Waals surface area (Å²) in [5.41, 5.74) is 7.21. The van der Waals surface area contributed by atoms with Crippen molar-refractivity contribution in [3.8, 4) is 39.4 Å². The second kappa shape index (κ2) is 17.7. The highest BCUT2D eigenvalue weighted by Crippen LogP contribution is 2.42. The first-order chi connectivity index (χ1) is 30.6. The Morgan fingerprint density at radius 1 is 0.825 bits per heavy atom. The number of methoxy groups -OCH3 is 2. The van der Waals surface area contributed by atoms with E-state index in [4.69, 9.17) is 24.2 Å². The lowest BCUT2D eigenvalue weighted by Gasteiger charge is -2.30. The number of H-pyrrole nitrogens is 2. The van der Waals surface area contributed by atoms with Crippen molar-refractivity contribution in [2.45, 2.75) is 76.7 Å². The normalized spacial score (nSPS) is 18.4. The summed E-state index contributed by atoms with van der Waals surface area (Å²) in [6, 6.07) is 26.3. The lowest BCUT2D eigenvalue weighted by Crippen LogP contribution is -2.51. The number of carbonyl (C=O) groups excluding carboxylic acids is 3. The number of aromatic amines is 2. The van der Waals surface area contributed by atoms with Crippen LogP contribution >= 0.6 is 0 Å². The first-order valence-electron chi connectivity index (χ1n) is 21.5. The van der Waals surface area contributed by atoms with Crippen molar-refractivity contribution in [3.63, 3.8) is 0 Å². The Hall–Kier alpha value is -6.55. The molecule has 15 nitrogen and oxygen atoms in total. The topological polar surface area (TPSA) is 187 Å². The first-order valence-corrected chi connectivity index (χ1v) is 21.5. The number of nitrogens with zero attached hydrogens (tertiary/aromatic N) is 4. The SMILES string of the molecule is COC(=O)NC(C(=O)N1CCCC1c1nc2c([nH]1)COc1cc(-c3ccc4cc(-c5cnc(C6CCCN6C(=O)C(NC(O)OC)c6ccccc6)[nH]5)ccc4c3)ccc1-2)C(C)C. The smallest absolute Gasteiger partial charge is 0.407 e. The van der Waals surface area contributed by atoms with E-state index in [1.54, 1.807) is 0 Å².